The van der Waals surface area contributed by atoms with E-state index in [9.17, 15) is 0 Å². The Hall–Kier alpha value is -0.770. The van der Waals surface area contributed by atoms with Gasteiger partial charge in [0.15, 0.2) is 0 Å². The summed E-state index contributed by atoms with van der Waals surface area (Å²) in [7, 11) is 0. The summed E-state index contributed by atoms with van der Waals surface area (Å²) < 4.78 is 0. The molecule has 0 aliphatic rings. The van der Waals surface area contributed by atoms with Crippen molar-refractivity contribution in [1.82, 2.24) is 4.90 Å². The standard InChI is InChI=1S/C12H27N3O/c1-5-11(6-2)15(9-10(3)4)8-7-12(13)14-16/h10-11,16H,5-9H2,1-4H3,(H2,13,14). The lowest BCUT2D eigenvalue weighted by atomic mass is 10.1. The summed E-state index contributed by atoms with van der Waals surface area (Å²) in [6.45, 7) is 10.8. The molecule has 4 nitrogen and oxygen atoms in total. The highest BCUT2D eigenvalue weighted by Crippen LogP contribution is 2.11. The van der Waals surface area contributed by atoms with Crippen molar-refractivity contribution in [2.24, 2.45) is 16.8 Å². The van der Waals surface area contributed by atoms with Gasteiger partial charge in [0.2, 0.25) is 0 Å². The van der Waals surface area contributed by atoms with Crippen LogP contribution < -0.4 is 5.73 Å². The van der Waals surface area contributed by atoms with E-state index in [4.69, 9.17) is 10.9 Å². The van der Waals surface area contributed by atoms with Gasteiger partial charge in [0.25, 0.3) is 0 Å². The Balaban J connectivity index is 4.30. The number of amidine groups is 1. The molecule has 0 unspecified atom stereocenters. The van der Waals surface area contributed by atoms with Crippen LogP contribution in [0.3, 0.4) is 0 Å². The van der Waals surface area contributed by atoms with Crippen molar-refractivity contribution in [2.45, 2.75) is 53.0 Å². The second-order valence-corrected chi connectivity index (χ2v) is 4.70. The first-order valence-corrected chi connectivity index (χ1v) is 6.25. The molecule has 0 aromatic heterocycles. The number of hydrogen-bond acceptors (Lipinski definition) is 3. The highest BCUT2D eigenvalue weighted by atomic mass is 16.4. The number of oxime groups is 1. The first-order chi connectivity index (χ1) is 7.54. The fourth-order valence-corrected chi connectivity index (χ4v) is 2.01. The Morgan fingerprint density at radius 3 is 2.25 bits per heavy atom. The van der Waals surface area contributed by atoms with Crippen LogP contribution in [0, 0.1) is 5.92 Å². The lowest BCUT2D eigenvalue weighted by Gasteiger charge is -2.31. The van der Waals surface area contributed by atoms with Crippen LogP contribution in [0.15, 0.2) is 5.16 Å². The number of hydrogen-bond donors (Lipinski definition) is 2. The van der Waals surface area contributed by atoms with Crippen LogP contribution in [0.4, 0.5) is 0 Å². The molecule has 3 N–H and O–H groups in total. The molecule has 0 saturated heterocycles. The first-order valence-electron chi connectivity index (χ1n) is 6.25. The van der Waals surface area contributed by atoms with E-state index in [1.165, 1.54) is 0 Å². The van der Waals surface area contributed by atoms with Gasteiger partial charge in [-0.25, -0.2) is 0 Å². The molecule has 0 fully saturated rings. The zero-order valence-corrected chi connectivity index (χ0v) is 11.1. The lowest BCUT2D eigenvalue weighted by Crippen LogP contribution is -2.39. The molecule has 0 rings (SSSR count). The van der Waals surface area contributed by atoms with Crippen molar-refractivity contribution < 1.29 is 5.21 Å². The van der Waals surface area contributed by atoms with Crippen LogP contribution >= 0.6 is 0 Å². The van der Waals surface area contributed by atoms with E-state index in [2.05, 4.69) is 37.8 Å². The van der Waals surface area contributed by atoms with Gasteiger partial charge < -0.3 is 10.9 Å². The van der Waals surface area contributed by atoms with Crippen molar-refractivity contribution in [3.05, 3.63) is 0 Å². The maximum Gasteiger partial charge on any atom is 0.140 e. The quantitative estimate of drug-likeness (QED) is 0.290. The third-order valence-corrected chi connectivity index (χ3v) is 2.84. The van der Waals surface area contributed by atoms with E-state index in [1.807, 2.05) is 0 Å². The van der Waals surface area contributed by atoms with Crippen LogP contribution in [-0.2, 0) is 0 Å². The van der Waals surface area contributed by atoms with E-state index in [1.54, 1.807) is 0 Å². The number of nitrogens with zero attached hydrogens (tertiary/aromatic N) is 2. The summed E-state index contributed by atoms with van der Waals surface area (Å²) in [5.74, 6) is 0.965. The van der Waals surface area contributed by atoms with Gasteiger partial charge in [-0.05, 0) is 18.8 Å². The molecule has 0 heterocycles. The van der Waals surface area contributed by atoms with Crippen molar-refractivity contribution in [3.8, 4) is 0 Å². The molecule has 96 valence electrons. The predicted octanol–water partition coefficient (Wildman–Crippen LogP) is 2.27. The number of rotatable bonds is 8. The molecule has 16 heavy (non-hydrogen) atoms. The predicted molar refractivity (Wildman–Crippen MR) is 68.8 cm³/mol. The van der Waals surface area contributed by atoms with E-state index >= 15 is 0 Å². The molecule has 0 atom stereocenters. The largest absolute Gasteiger partial charge is 0.409 e. The second kappa shape index (κ2) is 8.39. The van der Waals surface area contributed by atoms with Crippen LogP contribution in [-0.4, -0.2) is 35.1 Å². The molecule has 0 aromatic carbocycles. The summed E-state index contributed by atoms with van der Waals surface area (Å²) in [5, 5.41) is 11.5. The summed E-state index contributed by atoms with van der Waals surface area (Å²) in [6, 6.07) is 0.605. The second-order valence-electron chi connectivity index (χ2n) is 4.70. The molecule has 0 aromatic rings. The average Bonchev–Trinajstić information content (AvgIpc) is 2.26. The maximum atomic E-state index is 8.53. The van der Waals surface area contributed by atoms with Crippen molar-refractivity contribution in [3.63, 3.8) is 0 Å². The van der Waals surface area contributed by atoms with Crippen LogP contribution in [0.25, 0.3) is 0 Å². The molecule has 0 amide bonds. The van der Waals surface area contributed by atoms with Crippen molar-refractivity contribution in [2.75, 3.05) is 13.1 Å². The van der Waals surface area contributed by atoms with E-state index in [0.717, 1.165) is 25.9 Å². The van der Waals surface area contributed by atoms with Gasteiger partial charge >= 0.3 is 0 Å². The smallest absolute Gasteiger partial charge is 0.140 e. The first kappa shape index (κ1) is 15.2. The molecule has 0 aliphatic heterocycles. The van der Waals surface area contributed by atoms with Gasteiger partial charge in [0, 0.05) is 25.6 Å². The summed E-state index contributed by atoms with van der Waals surface area (Å²) in [4.78, 5) is 2.45. The monoisotopic (exact) mass is 229 g/mol. The van der Waals surface area contributed by atoms with Gasteiger partial charge in [-0.15, -0.1) is 0 Å². The normalized spacial score (nSPS) is 13.1. The minimum atomic E-state index is 0.319. The topological polar surface area (TPSA) is 61.8 Å². The zero-order valence-electron chi connectivity index (χ0n) is 11.1. The minimum Gasteiger partial charge on any atom is -0.409 e. The molecular formula is C12H27N3O. The average molecular weight is 229 g/mol. The third kappa shape index (κ3) is 5.95. The molecular weight excluding hydrogens is 202 g/mol. The molecule has 0 bridgehead atoms. The van der Waals surface area contributed by atoms with Gasteiger partial charge in [0.05, 0.1) is 0 Å². The molecule has 0 spiro atoms. The Morgan fingerprint density at radius 1 is 1.31 bits per heavy atom. The Morgan fingerprint density at radius 2 is 1.88 bits per heavy atom. The summed E-state index contributed by atoms with van der Waals surface area (Å²) >= 11 is 0. The third-order valence-electron chi connectivity index (χ3n) is 2.84. The van der Waals surface area contributed by atoms with Crippen molar-refractivity contribution in [1.29, 1.82) is 0 Å². The zero-order chi connectivity index (χ0) is 12.6. The van der Waals surface area contributed by atoms with Gasteiger partial charge in [-0.2, -0.15) is 0 Å². The summed E-state index contributed by atoms with van der Waals surface area (Å²) in [6.07, 6.45) is 2.94. The summed E-state index contributed by atoms with van der Waals surface area (Å²) in [5.41, 5.74) is 5.51. The fraction of sp³-hybridized carbons (Fsp3) is 0.917. The lowest BCUT2D eigenvalue weighted by molar-refractivity contribution is 0.170. The Bertz CT molecular complexity index is 200. The highest BCUT2D eigenvalue weighted by molar-refractivity contribution is 5.79. The van der Waals surface area contributed by atoms with E-state index < -0.39 is 0 Å². The van der Waals surface area contributed by atoms with Crippen LogP contribution in [0.2, 0.25) is 0 Å². The maximum absolute atomic E-state index is 8.53. The minimum absolute atomic E-state index is 0.319. The Labute approximate surface area is 99.5 Å². The molecule has 0 aliphatic carbocycles. The Kier molecular flexibility index (Phi) is 7.99. The molecule has 0 radical (unpaired) electrons. The van der Waals surface area contributed by atoms with Crippen LogP contribution in [0.1, 0.15) is 47.0 Å². The van der Waals surface area contributed by atoms with E-state index in [0.29, 0.717) is 24.2 Å². The molecule has 0 saturated carbocycles. The fourth-order valence-electron chi connectivity index (χ4n) is 2.01. The number of nitrogens with two attached hydrogens (primary N) is 1. The highest BCUT2D eigenvalue weighted by Gasteiger charge is 2.16. The van der Waals surface area contributed by atoms with Gasteiger partial charge in [-0.3, -0.25) is 4.90 Å². The van der Waals surface area contributed by atoms with Gasteiger partial charge in [-0.1, -0.05) is 32.9 Å². The van der Waals surface area contributed by atoms with Gasteiger partial charge in [0.1, 0.15) is 5.84 Å². The molecule has 4 heteroatoms. The SMILES string of the molecule is CCC(CC)N(CCC(N)=NO)CC(C)C. The van der Waals surface area contributed by atoms with Crippen molar-refractivity contribution >= 4 is 5.84 Å². The van der Waals surface area contributed by atoms with E-state index in [-0.39, 0.29) is 0 Å². The van der Waals surface area contributed by atoms with Crippen LogP contribution in [0.5, 0.6) is 0 Å².